The molecule has 0 saturated carbocycles. The zero-order chi connectivity index (χ0) is 17.2. The number of para-hydroxylation sites is 1. The van der Waals surface area contributed by atoms with Gasteiger partial charge in [0.1, 0.15) is 0 Å². The van der Waals surface area contributed by atoms with Crippen LogP contribution in [0.25, 0.3) is 10.9 Å². The van der Waals surface area contributed by atoms with Gasteiger partial charge in [0.15, 0.2) is 0 Å². The summed E-state index contributed by atoms with van der Waals surface area (Å²) in [5.74, 6) is 0. The summed E-state index contributed by atoms with van der Waals surface area (Å²) in [4.78, 5) is 4.27. The number of benzene rings is 2. The molecule has 0 aliphatic carbocycles. The predicted molar refractivity (Wildman–Crippen MR) is 103 cm³/mol. The van der Waals surface area contributed by atoms with Crippen LogP contribution in [-0.2, 0) is 13.0 Å². The van der Waals surface area contributed by atoms with Crippen molar-refractivity contribution in [3.8, 4) is 0 Å². The number of imidazole rings is 1. The molecule has 25 heavy (non-hydrogen) atoms. The maximum atomic E-state index is 6.20. The molecule has 2 aromatic carbocycles. The number of fused-ring (bicyclic) bond motifs is 1. The molecule has 4 heteroatoms. The summed E-state index contributed by atoms with van der Waals surface area (Å²) < 4.78 is 4.50. The third kappa shape index (κ3) is 3.08. The summed E-state index contributed by atoms with van der Waals surface area (Å²) in [6.45, 7) is 3.13. The monoisotopic (exact) mass is 349 g/mol. The lowest BCUT2D eigenvalue weighted by molar-refractivity contribution is 0.581. The molecular weight excluding hydrogens is 330 g/mol. The molecular formula is C21H20ClN3. The van der Waals surface area contributed by atoms with Crippen molar-refractivity contribution in [3.05, 3.63) is 89.6 Å². The zero-order valence-corrected chi connectivity index (χ0v) is 14.9. The fourth-order valence-corrected chi connectivity index (χ4v) is 3.75. The van der Waals surface area contributed by atoms with E-state index in [0.29, 0.717) is 0 Å². The molecule has 1 atom stereocenters. The van der Waals surface area contributed by atoms with Crippen molar-refractivity contribution < 1.29 is 0 Å². The molecule has 0 N–H and O–H groups in total. The van der Waals surface area contributed by atoms with Crippen LogP contribution in [0.4, 0.5) is 0 Å². The van der Waals surface area contributed by atoms with Gasteiger partial charge in [-0.1, -0.05) is 41.9 Å². The second kappa shape index (κ2) is 6.77. The molecule has 2 aromatic heterocycles. The molecule has 4 rings (SSSR count). The van der Waals surface area contributed by atoms with Gasteiger partial charge in [0.25, 0.3) is 0 Å². The maximum Gasteiger partial charge on any atom is 0.0951 e. The number of rotatable bonds is 5. The Bertz CT molecular complexity index is 985. The van der Waals surface area contributed by atoms with E-state index in [-0.39, 0.29) is 6.04 Å². The zero-order valence-electron chi connectivity index (χ0n) is 14.1. The van der Waals surface area contributed by atoms with Crippen molar-refractivity contribution >= 4 is 22.5 Å². The minimum atomic E-state index is 0.171. The van der Waals surface area contributed by atoms with E-state index in [1.165, 1.54) is 22.0 Å². The van der Waals surface area contributed by atoms with E-state index in [1.807, 2.05) is 36.9 Å². The van der Waals surface area contributed by atoms with Crippen LogP contribution in [0.15, 0.2) is 73.4 Å². The Morgan fingerprint density at radius 3 is 2.72 bits per heavy atom. The predicted octanol–water partition coefficient (Wildman–Crippen LogP) is 5.34. The molecule has 0 saturated heterocycles. The van der Waals surface area contributed by atoms with Crippen LogP contribution >= 0.6 is 11.6 Å². The van der Waals surface area contributed by atoms with E-state index in [0.717, 1.165) is 18.0 Å². The standard InChI is InChI=1S/C21H20ClN3/c1-2-24-11-9-17-6-4-8-19(21(17)24)20(25-12-10-23-15-25)14-16-5-3-7-18(22)13-16/h3-13,15,20H,2,14H2,1H3. The smallest absolute Gasteiger partial charge is 0.0951 e. The Morgan fingerprint density at radius 2 is 1.96 bits per heavy atom. The van der Waals surface area contributed by atoms with Crippen LogP contribution in [0.3, 0.4) is 0 Å². The highest BCUT2D eigenvalue weighted by Crippen LogP contribution is 2.31. The number of hydrogen-bond acceptors (Lipinski definition) is 1. The van der Waals surface area contributed by atoms with E-state index in [2.05, 4.69) is 57.6 Å². The van der Waals surface area contributed by atoms with Crippen molar-refractivity contribution in [2.75, 3.05) is 0 Å². The van der Waals surface area contributed by atoms with Gasteiger partial charge in [-0.15, -0.1) is 0 Å². The molecule has 0 radical (unpaired) electrons. The highest BCUT2D eigenvalue weighted by atomic mass is 35.5. The van der Waals surface area contributed by atoms with E-state index in [1.54, 1.807) is 0 Å². The first-order valence-electron chi connectivity index (χ1n) is 8.56. The fraction of sp³-hybridized carbons (Fsp3) is 0.190. The molecule has 126 valence electrons. The lowest BCUT2D eigenvalue weighted by atomic mass is 9.96. The molecule has 2 heterocycles. The maximum absolute atomic E-state index is 6.20. The number of halogens is 1. The SMILES string of the molecule is CCn1ccc2cccc(C(Cc3cccc(Cl)c3)n3ccnc3)c21. The minimum absolute atomic E-state index is 0.171. The van der Waals surface area contributed by atoms with Crippen molar-refractivity contribution in [2.24, 2.45) is 0 Å². The van der Waals surface area contributed by atoms with Crippen LogP contribution in [0.1, 0.15) is 24.1 Å². The number of aryl methyl sites for hydroxylation is 1. The van der Waals surface area contributed by atoms with Crippen LogP contribution < -0.4 is 0 Å². The second-order valence-corrected chi connectivity index (χ2v) is 6.68. The molecule has 0 aliphatic rings. The molecule has 0 spiro atoms. The van der Waals surface area contributed by atoms with E-state index < -0.39 is 0 Å². The Morgan fingerprint density at radius 1 is 1.08 bits per heavy atom. The van der Waals surface area contributed by atoms with Crippen LogP contribution in [0.2, 0.25) is 5.02 Å². The van der Waals surface area contributed by atoms with E-state index >= 15 is 0 Å². The van der Waals surface area contributed by atoms with Crippen molar-refractivity contribution in [2.45, 2.75) is 25.9 Å². The highest BCUT2D eigenvalue weighted by Gasteiger charge is 2.19. The first-order chi connectivity index (χ1) is 12.3. The third-order valence-corrected chi connectivity index (χ3v) is 4.96. The normalized spacial score (nSPS) is 12.6. The molecule has 0 bridgehead atoms. The van der Waals surface area contributed by atoms with E-state index in [4.69, 9.17) is 11.6 Å². The topological polar surface area (TPSA) is 22.8 Å². The van der Waals surface area contributed by atoms with Crippen molar-refractivity contribution in [1.29, 1.82) is 0 Å². The van der Waals surface area contributed by atoms with Gasteiger partial charge in [-0.25, -0.2) is 4.98 Å². The van der Waals surface area contributed by atoms with Gasteiger partial charge >= 0.3 is 0 Å². The summed E-state index contributed by atoms with van der Waals surface area (Å²) in [6, 6.07) is 17.0. The average Bonchev–Trinajstić information content (AvgIpc) is 3.29. The van der Waals surface area contributed by atoms with Gasteiger partial charge in [-0.3, -0.25) is 0 Å². The highest BCUT2D eigenvalue weighted by molar-refractivity contribution is 6.30. The summed E-state index contributed by atoms with van der Waals surface area (Å²) >= 11 is 6.20. The Balaban J connectivity index is 1.86. The largest absolute Gasteiger partial charge is 0.347 e. The van der Waals surface area contributed by atoms with Crippen LogP contribution in [0, 0.1) is 0 Å². The first kappa shape index (κ1) is 16.0. The third-order valence-electron chi connectivity index (χ3n) is 4.72. The van der Waals surface area contributed by atoms with Gasteiger partial charge < -0.3 is 9.13 Å². The molecule has 4 aromatic rings. The van der Waals surface area contributed by atoms with Crippen LogP contribution in [0.5, 0.6) is 0 Å². The summed E-state index contributed by atoms with van der Waals surface area (Å²) in [6.07, 6.45) is 8.80. The number of hydrogen-bond donors (Lipinski definition) is 0. The van der Waals surface area contributed by atoms with Gasteiger partial charge in [0.2, 0.25) is 0 Å². The molecule has 0 amide bonds. The molecule has 3 nitrogen and oxygen atoms in total. The average molecular weight is 350 g/mol. The molecule has 0 fully saturated rings. The molecule has 1 unspecified atom stereocenters. The number of nitrogens with zero attached hydrogens (tertiary/aromatic N) is 3. The number of aromatic nitrogens is 3. The van der Waals surface area contributed by atoms with Crippen molar-refractivity contribution in [1.82, 2.24) is 14.1 Å². The summed E-state index contributed by atoms with van der Waals surface area (Å²) in [7, 11) is 0. The lowest BCUT2D eigenvalue weighted by Gasteiger charge is -2.21. The molecule has 0 aliphatic heterocycles. The van der Waals surface area contributed by atoms with E-state index in [9.17, 15) is 0 Å². The Kier molecular flexibility index (Phi) is 4.33. The lowest BCUT2D eigenvalue weighted by Crippen LogP contribution is -2.13. The fourth-order valence-electron chi connectivity index (χ4n) is 3.54. The van der Waals surface area contributed by atoms with Gasteiger partial charge in [0.05, 0.1) is 17.9 Å². The van der Waals surface area contributed by atoms with Crippen molar-refractivity contribution in [3.63, 3.8) is 0 Å². The summed E-state index contributed by atoms with van der Waals surface area (Å²) in [5.41, 5.74) is 3.82. The second-order valence-electron chi connectivity index (χ2n) is 6.25. The van der Waals surface area contributed by atoms with Gasteiger partial charge in [-0.2, -0.15) is 0 Å². The van der Waals surface area contributed by atoms with Gasteiger partial charge in [-0.05, 0) is 48.1 Å². The van der Waals surface area contributed by atoms with Crippen LogP contribution in [-0.4, -0.2) is 14.1 Å². The summed E-state index contributed by atoms with van der Waals surface area (Å²) in [5, 5.41) is 2.05. The first-order valence-corrected chi connectivity index (χ1v) is 8.93. The quantitative estimate of drug-likeness (QED) is 0.476. The van der Waals surface area contributed by atoms with Gasteiger partial charge in [0, 0.05) is 30.2 Å². The Labute approximate surface area is 152 Å². The minimum Gasteiger partial charge on any atom is -0.347 e. The Hall–Kier alpha value is -2.52.